The molecule has 3 rings (SSSR count). The van der Waals surface area contributed by atoms with Gasteiger partial charge in [-0.1, -0.05) is 17.5 Å². The zero-order valence-corrected chi connectivity index (χ0v) is 16.0. The molecule has 0 amide bonds. The van der Waals surface area contributed by atoms with Crippen molar-refractivity contribution in [2.45, 2.75) is 25.8 Å². The molecule has 0 radical (unpaired) electrons. The molecule has 1 saturated heterocycles. The summed E-state index contributed by atoms with van der Waals surface area (Å²) < 4.78 is 7.12. The first-order valence-electron chi connectivity index (χ1n) is 7.32. The third-order valence-electron chi connectivity index (χ3n) is 3.19. The minimum Gasteiger partial charge on any atom is -0.380 e. The molecule has 0 aliphatic carbocycles. The molecule has 0 spiro atoms. The normalized spacial score (nSPS) is 17.0. The van der Waals surface area contributed by atoms with Gasteiger partial charge in [0.2, 0.25) is 0 Å². The monoisotopic (exact) mass is 415 g/mol. The van der Waals surface area contributed by atoms with Gasteiger partial charge in [0.05, 0.1) is 33.5 Å². The predicted octanol–water partition coefficient (Wildman–Crippen LogP) is 4.27. The van der Waals surface area contributed by atoms with Gasteiger partial charge in [-0.3, -0.25) is 0 Å². The minimum absolute atomic E-state index is 0.314. The molecule has 1 aliphatic heterocycles. The molecule has 1 unspecified atom stereocenters. The summed E-state index contributed by atoms with van der Waals surface area (Å²) in [5.74, 6) is 5.79. The van der Waals surface area contributed by atoms with Gasteiger partial charge >= 0.3 is 0 Å². The van der Waals surface area contributed by atoms with Crippen LogP contribution in [0, 0.1) is 11.8 Å². The van der Waals surface area contributed by atoms with Gasteiger partial charge in [0.25, 0.3) is 0 Å². The average Bonchev–Trinajstić information content (AvgIpc) is 2.90. The van der Waals surface area contributed by atoms with Crippen molar-refractivity contribution in [1.29, 1.82) is 0 Å². The lowest BCUT2D eigenvalue weighted by atomic mass is 10.1. The summed E-state index contributed by atoms with van der Waals surface area (Å²) in [4.78, 5) is 4.28. The first-order chi connectivity index (χ1) is 11.1. The number of rotatable bonds is 2. The highest BCUT2D eigenvalue weighted by molar-refractivity contribution is 9.10. The van der Waals surface area contributed by atoms with E-state index < -0.39 is 0 Å². The topological polar surface area (TPSA) is 60.2 Å². The van der Waals surface area contributed by atoms with Gasteiger partial charge in [0.1, 0.15) is 5.15 Å². The summed E-state index contributed by atoms with van der Waals surface area (Å²) in [5, 5.41) is 5.72. The van der Waals surface area contributed by atoms with Gasteiger partial charge in [-0.15, -0.1) is 17.3 Å². The fourth-order valence-electron chi connectivity index (χ4n) is 2.07. The number of fused-ring (bicyclic) bond motifs is 1. The number of thiophene rings is 1. The number of nitrogens with one attached hydrogen (secondary N) is 1. The maximum absolute atomic E-state index is 5.96. The van der Waals surface area contributed by atoms with Crippen molar-refractivity contribution in [2.75, 3.05) is 25.1 Å². The van der Waals surface area contributed by atoms with Crippen LogP contribution in [0.25, 0.3) is 10.2 Å². The Hall–Kier alpha value is -0.840. The zero-order valence-electron chi connectivity index (χ0n) is 12.9. The van der Waals surface area contributed by atoms with Crippen LogP contribution in [0.15, 0.2) is 15.9 Å². The lowest BCUT2D eigenvalue weighted by Gasteiger charge is -2.16. The largest absolute Gasteiger partial charge is 0.380 e. The van der Waals surface area contributed by atoms with Crippen LogP contribution in [0.5, 0.6) is 0 Å². The first kappa shape index (κ1) is 18.5. The van der Waals surface area contributed by atoms with E-state index in [1.165, 1.54) is 0 Å². The summed E-state index contributed by atoms with van der Waals surface area (Å²) in [6.45, 7) is 4.10. The smallest absolute Gasteiger partial charge is 0.131 e. The average molecular weight is 417 g/mol. The second-order valence-electron chi connectivity index (χ2n) is 5.01. The quantitative estimate of drug-likeness (QED) is 0.567. The molecular formula is C16H19BrClN3OS. The molecule has 1 aliphatic rings. The van der Waals surface area contributed by atoms with Gasteiger partial charge in [-0.2, -0.15) is 0 Å². The van der Waals surface area contributed by atoms with Crippen LogP contribution in [0.1, 0.15) is 19.8 Å². The van der Waals surface area contributed by atoms with E-state index in [1.54, 1.807) is 11.3 Å². The van der Waals surface area contributed by atoms with Crippen LogP contribution < -0.4 is 11.1 Å². The number of ether oxygens (including phenoxy) is 1. The summed E-state index contributed by atoms with van der Waals surface area (Å²) in [6, 6.07) is 2.14. The number of aromatic nitrogens is 1. The van der Waals surface area contributed by atoms with E-state index >= 15 is 0 Å². The molecule has 7 heteroatoms. The van der Waals surface area contributed by atoms with Crippen LogP contribution in [0.2, 0.25) is 5.15 Å². The Kier molecular flexibility index (Phi) is 7.60. The van der Waals surface area contributed by atoms with E-state index in [4.69, 9.17) is 22.1 Å². The number of hydrogen-bond donors (Lipinski definition) is 2. The van der Waals surface area contributed by atoms with Crippen molar-refractivity contribution in [3.8, 4) is 11.8 Å². The van der Waals surface area contributed by atoms with E-state index in [2.05, 4.69) is 38.1 Å². The highest BCUT2D eigenvalue weighted by Crippen LogP contribution is 2.35. The van der Waals surface area contributed by atoms with E-state index in [-0.39, 0.29) is 0 Å². The Morgan fingerprint density at radius 3 is 3.04 bits per heavy atom. The molecule has 1 fully saturated rings. The molecule has 23 heavy (non-hydrogen) atoms. The van der Waals surface area contributed by atoms with Gasteiger partial charge in [0, 0.05) is 24.1 Å². The zero-order chi connectivity index (χ0) is 16.7. The number of nitrogens with two attached hydrogens (primary N) is 1. The molecule has 3 N–H and O–H groups in total. The number of pyridine rings is 1. The molecule has 124 valence electrons. The number of hydrogen-bond acceptors (Lipinski definition) is 5. The van der Waals surface area contributed by atoms with Crippen LogP contribution in [-0.2, 0) is 4.74 Å². The summed E-state index contributed by atoms with van der Waals surface area (Å²) in [7, 11) is 0. The van der Waals surface area contributed by atoms with Gasteiger partial charge in [-0.05, 0) is 35.7 Å². The highest BCUT2D eigenvalue weighted by atomic mass is 79.9. The Morgan fingerprint density at radius 1 is 1.61 bits per heavy atom. The van der Waals surface area contributed by atoms with Crippen molar-refractivity contribution >= 4 is 54.8 Å². The minimum atomic E-state index is 0.314. The number of nitrogens with zero attached hydrogens (tertiary/aromatic N) is 1. The second-order valence-corrected chi connectivity index (χ2v) is 7.13. The highest BCUT2D eigenvalue weighted by Gasteiger charge is 2.09. The van der Waals surface area contributed by atoms with Crippen molar-refractivity contribution in [1.82, 2.24) is 4.98 Å². The third kappa shape index (κ3) is 5.63. The van der Waals surface area contributed by atoms with E-state index in [0.29, 0.717) is 17.7 Å². The molecule has 4 nitrogen and oxygen atoms in total. The van der Waals surface area contributed by atoms with Gasteiger partial charge in [0.15, 0.2) is 0 Å². The molecule has 0 saturated carbocycles. The molecule has 3 heterocycles. The molecule has 1 atom stereocenters. The fourth-order valence-corrected chi connectivity index (χ4v) is 3.82. The van der Waals surface area contributed by atoms with Crippen molar-refractivity contribution in [2.24, 2.45) is 5.73 Å². The third-order valence-corrected chi connectivity index (χ3v) is 5.29. The predicted molar refractivity (Wildman–Crippen MR) is 102 cm³/mol. The fraction of sp³-hybridized carbons (Fsp3) is 0.438. The summed E-state index contributed by atoms with van der Waals surface area (Å²) in [5.41, 5.74) is 7.38. The number of anilines is 1. The summed E-state index contributed by atoms with van der Waals surface area (Å²) in [6.07, 6.45) is 2.28. The van der Waals surface area contributed by atoms with Crippen LogP contribution in [-0.4, -0.2) is 30.8 Å². The Bertz CT molecular complexity index is 704. The molecule has 2 aromatic rings. The van der Waals surface area contributed by atoms with Gasteiger partial charge in [-0.25, -0.2) is 4.98 Å². The standard InChI is InChI=1S/C11H8BrClN2S.C5H11NO/c1-2-3-4-14-8-5-9(13)15-10-7(12)6-16-11(8)10;6-5-2-1-3-7-4-5/h5-6H,4H2,1H3,(H,14,15);5H,1-4,6H2. The lowest BCUT2D eigenvalue weighted by molar-refractivity contribution is 0.0822. The molecule has 2 aromatic heterocycles. The molecule has 0 bridgehead atoms. The van der Waals surface area contributed by atoms with E-state index in [0.717, 1.165) is 46.4 Å². The first-order valence-corrected chi connectivity index (χ1v) is 9.37. The maximum Gasteiger partial charge on any atom is 0.131 e. The van der Waals surface area contributed by atoms with E-state index in [9.17, 15) is 0 Å². The van der Waals surface area contributed by atoms with E-state index in [1.807, 2.05) is 18.4 Å². The summed E-state index contributed by atoms with van der Waals surface area (Å²) >= 11 is 11.0. The number of halogens is 2. The lowest BCUT2D eigenvalue weighted by Crippen LogP contribution is -2.30. The Balaban J connectivity index is 0.000000229. The van der Waals surface area contributed by atoms with Crippen LogP contribution >= 0.6 is 38.9 Å². The molecular weight excluding hydrogens is 398 g/mol. The second kappa shape index (κ2) is 9.45. The van der Waals surface area contributed by atoms with Crippen molar-refractivity contribution in [3.05, 3.63) is 21.1 Å². The molecule has 0 aromatic carbocycles. The maximum atomic E-state index is 5.96. The van der Waals surface area contributed by atoms with Crippen molar-refractivity contribution < 1.29 is 4.74 Å². The van der Waals surface area contributed by atoms with Crippen LogP contribution in [0.4, 0.5) is 5.69 Å². The Labute approximate surface area is 153 Å². The van der Waals surface area contributed by atoms with Gasteiger partial charge < -0.3 is 15.8 Å². The SMILES string of the molecule is CC#CCNc1cc(Cl)nc2c(Br)csc12.NC1CCCOC1. The van der Waals surface area contributed by atoms with Crippen LogP contribution in [0.3, 0.4) is 0 Å². The van der Waals surface area contributed by atoms with Crippen molar-refractivity contribution in [3.63, 3.8) is 0 Å². The Morgan fingerprint density at radius 2 is 2.43 bits per heavy atom.